The van der Waals surface area contributed by atoms with Crippen molar-refractivity contribution < 1.29 is 24.3 Å². The number of hydrogen-bond donors (Lipinski definition) is 3. The van der Waals surface area contributed by atoms with Crippen molar-refractivity contribution in [3.8, 4) is 11.5 Å². The van der Waals surface area contributed by atoms with Crippen molar-refractivity contribution in [1.29, 1.82) is 0 Å². The van der Waals surface area contributed by atoms with Gasteiger partial charge in [-0.25, -0.2) is 0 Å². The van der Waals surface area contributed by atoms with E-state index in [1.54, 1.807) is 0 Å². The van der Waals surface area contributed by atoms with Gasteiger partial charge in [0.15, 0.2) is 18.1 Å². The molecule has 1 aromatic carbocycles. The number of aliphatic hydroxyl groups is 1. The minimum absolute atomic E-state index is 0.0456. The molecule has 0 fully saturated rings. The first kappa shape index (κ1) is 16.7. The number of methoxy groups -OCH3 is 1. The highest BCUT2D eigenvalue weighted by Gasteiger charge is 2.19. The van der Waals surface area contributed by atoms with Crippen LogP contribution in [0.15, 0.2) is 12.1 Å². The van der Waals surface area contributed by atoms with Gasteiger partial charge in [0.05, 0.1) is 30.3 Å². The summed E-state index contributed by atoms with van der Waals surface area (Å²) >= 11 is 0. The van der Waals surface area contributed by atoms with Gasteiger partial charge in [0.1, 0.15) is 0 Å². The Labute approximate surface area is 120 Å². The highest BCUT2D eigenvalue weighted by atomic mass is 16.6. The van der Waals surface area contributed by atoms with Crippen LogP contribution in [0.25, 0.3) is 0 Å². The van der Waals surface area contributed by atoms with Gasteiger partial charge in [-0.1, -0.05) is 0 Å². The third-order valence-electron chi connectivity index (χ3n) is 2.56. The number of ether oxygens (including phenoxy) is 2. The van der Waals surface area contributed by atoms with Gasteiger partial charge in [0.2, 0.25) is 0 Å². The van der Waals surface area contributed by atoms with Gasteiger partial charge in [0.25, 0.3) is 11.6 Å². The van der Waals surface area contributed by atoms with Gasteiger partial charge in [-0.2, -0.15) is 0 Å². The molecular weight excluding hydrogens is 282 g/mol. The van der Waals surface area contributed by atoms with Crippen molar-refractivity contribution in [2.45, 2.75) is 6.61 Å². The minimum Gasteiger partial charge on any atom is -0.493 e. The van der Waals surface area contributed by atoms with E-state index >= 15 is 0 Å². The van der Waals surface area contributed by atoms with E-state index in [4.69, 9.17) is 20.3 Å². The van der Waals surface area contributed by atoms with E-state index in [9.17, 15) is 14.9 Å². The van der Waals surface area contributed by atoms with Crippen molar-refractivity contribution in [3.05, 3.63) is 27.8 Å². The molecule has 0 aromatic heterocycles. The van der Waals surface area contributed by atoms with Crippen LogP contribution >= 0.6 is 0 Å². The second kappa shape index (κ2) is 8.02. The summed E-state index contributed by atoms with van der Waals surface area (Å²) in [5.41, 5.74) is 5.03. The van der Waals surface area contributed by atoms with Gasteiger partial charge >= 0.3 is 0 Å². The lowest BCUT2D eigenvalue weighted by molar-refractivity contribution is -0.385. The van der Waals surface area contributed by atoms with Crippen LogP contribution in [-0.2, 0) is 11.4 Å². The third kappa shape index (κ3) is 4.58. The first-order chi connectivity index (χ1) is 10.0. The molecule has 9 heteroatoms. The van der Waals surface area contributed by atoms with Crippen molar-refractivity contribution in [3.63, 3.8) is 0 Å². The molecule has 0 atom stereocenters. The van der Waals surface area contributed by atoms with Gasteiger partial charge in [-0.3, -0.25) is 14.9 Å². The molecule has 116 valence electrons. The number of aliphatic hydroxyl groups excluding tert-OH is 1. The van der Waals surface area contributed by atoms with Gasteiger partial charge in [-0.05, 0) is 6.07 Å². The molecule has 0 saturated carbocycles. The number of hydrogen-bond acceptors (Lipinski definition) is 7. The van der Waals surface area contributed by atoms with Crippen molar-refractivity contribution in [2.75, 3.05) is 26.8 Å². The average Bonchev–Trinajstić information content (AvgIpc) is 2.49. The Bertz CT molecular complexity index is 520. The summed E-state index contributed by atoms with van der Waals surface area (Å²) in [5, 5.41) is 22.5. The molecule has 0 radical (unpaired) electrons. The molecule has 0 spiro atoms. The molecular formula is C12H17N3O6. The van der Waals surface area contributed by atoms with Crippen LogP contribution in [0.3, 0.4) is 0 Å². The number of nitro benzene ring substituents is 1. The smallest absolute Gasteiger partial charge is 0.278 e. The van der Waals surface area contributed by atoms with Crippen molar-refractivity contribution >= 4 is 11.6 Å². The highest BCUT2D eigenvalue weighted by molar-refractivity contribution is 5.77. The molecule has 0 saturated heterocycles. The van der Waals surface area contributed by atoms with E-state index in [-0.39, 0.29) is 29.4 Å². The Morgan fingerprint density at radius 1 is 1.48 bits per heavy atom. The number of rotatable bonds is 8. The number of nitrogens with zero attached hydrogens (tertiary/aromatic N) is 1. The predicted molar refractivity (Wildman–Crippen MR) is 73.1 cm³/mol. The number of nitro groups is 1. The molecule has 9 nitrogen and oxygen atoms in total. The second-order valence-electron chi connectivity index (χ2n) is 3.97. The van der Waals surface area contributed by atoms with Gasteiger partial charge < -0.3 is 25.6 Å². The molecule has 0 bridgehead atoms. The summed E-state index contributed by atoms with van der Waals surface area (Å²) in [6, 6.07) is 2.41. The molecule has 0 aliphatic rings. The monoisotopic (exact) mass is 299 g/mol. The quantitative estimate of drug-likeness (QED) is 0.436. The van der Waals surface area contributed by atoms with Crippen LogP contribution in [0, 0.1) is 10.1 Å². The normalized spacial score (nSPS) is 10.0. The summed E-state index contributed by atoms with van der Waals surface area (Å²) in [6.07, 6.45) is 0. The fourth-order valence-electron chi connectivity index (χ4n) is 1.57. The lowest BCUT2D eigenvalue weighted by atomic mass is 10.1. The number of amides is 1. The van der Waals surface area contributed by atoms with E-state index in [2.05, 4.69) is 5.32 Å². The minimum atomic E-state index is -0.646. The number of carbonyl (C=O) groups is 1. The van der Waals surface area contributed by atoms with Crippen LogP contribution in [0.2, 0.25) is 0 Å². The first-order valence-corrected chi connectivity index (χ1v) is 6.09. The van der Waals surface area contributed by atoms with E-state index < -0.39 is 17.4 Å². The van der Waals surface area contributed by atoms with E-state index in [1.165, 1.54) is 13.2 Å². The SMILES string of the molecule is COc1cc(CO)c([N+](=O)[O-])cc1OCC(=O)NCCN. The molecule has 0 aliphatic heterocycles. The fourth-order valence-corrected chi connectivity index (χ4v) is 1.57. The van der Waals surface area contributed by atoms with E-state index in [0.717, 1.165) is 6.07 Å². The van der Waals surface area contributed by atoms with Crippen LogP contribution in [0.5, 0.6) is 11.5 Å². The Morgan fingerprint density at radius 2 is 2.19 bits per heavy atom. The Kier molecular flexibility index (Phi) is 6.37. The van der Waals surface area contributed by atoms with Gasteiger partial charge in [-0.15, -0.1) is 0 Å². The molecule has 1 amide bonds. The van der Waals surface area contributed by atoms with Crippen molar-refractivity contribution in [1.82, 2.24) is 5.32 Å². The molecule has 1 aromatic rings. The third-order valence-corrected chi connectivity index (χ3v) is 2.56. The van der Waals surface area contributed by atoms with Gasteiger partial charge in [0, 0.05) is 13.1 Å². The number of nitrogens with one attached hydrogen (secondary N) is 1. The maximum Gasteiger partial charge on any atom is 0.278 e. The van der Waals surface area contributed by atoms with Crippen LogP contribution in [-0.4, -0.2) is 42.7 Å². The lowest BCUT2D eigenvalue weighted by Crippen LogP contribution is -2.32. The summed E-state index contributed by atoms with van der Waals surface area (Å²) < 4.78 is 10.2. The number of nitrogens with two attached hydrogens (primary N) is 1. The standard InChI is InChI=1S/C12H17N3O6/c1-20-10-4-8(6-16)9(15(18)19)5-11(10)21-7-12(17)14-3-2-13/h4-5,16H,2-3,6-7,13H2,1H3,(H,14,17). The maximum absolute atomic E-state index is 11.4. The Morgan fingerprint density at radius 3 is 2.71 bits per heavy atom. The van der Waals surface area contributed by atoms with Crippen LogP contribution in [0.1, 0.15) is 5.56 Å². The van der Waals surface area contributed by atoms with E-state index in [0.29, 0.717) is 13.1 Å². The summed E-state index contributed by atoms with van der Waals surface area (Å²) in [5.74, 6) is -0.169. The Hall–Kier alpha value is -2.39. The predicted octanol–water partition coefficient (Wildman–Crippen LogP) is -0.451. The number of carbonyl (C=O) groups excluding carboxylic acids is 1. The zero-order valence-corrected chi connectivity index (χ0v) is 11.5. The highest BCUT2D eigenvalue weighted by Crippen LogP contribution is 2.34. The Balaban J connectivity index is 2.92. The molecule has 1 rings (SSSR count). The fraction of sp³-hybridized carbons (Fsp3) is 0.417. The topological polar surface area (TPSA) is 137 Å². The summed E-state index contributed by atoms with van der Waals surface area (Å²) in [6.45, 7) is -0.232. The zero-order chi connectivity index (χ0) is 15.8. The summed E-state index contributed by atoms with van der Waals surface area (Å²) in [4.78, 5) is 21.7. The summed E-state index contributed by atoms with van der Waals surface area (Å²) in [7, 11) is 1.35. The van der Waals surface area contributed by atoms with Crippen LogP contribution in [0.4, 0.5) is 5.69 Å². The maximum atomic E-state index is 11.4. The molecule has 0 unspecified atom stereocenters. The average molecular weight is 299 g/mol. The second-order valence-corrected chi connectivity index (χ2v) is 3.97. The van der Waals surface area contributed by atoms with Crippen LogP contribution < -0.4 is 20.5 Å². The van der Waals surface area contributed by atoms with Crippen molar-refractivity contribution in [2.24, 2.45) is 5.73 Å². The molecule has 0 aliphatic carbocycles. The number of benzene rings is 1. The molecule has 4 N–H and O–H groups in total. The molecule has 21 heavy (non-hydrogen) atoms. The largest absolute Gasteiger partial charge is 0.493 e. The zero-order valence-electron chi connectivity index (χ0n) is 11.5. The first-order valence-electron chi connectivity index (χ1n) is 6.09. The lowest BCUT2D eigenvalue weighted by Gasteiger charge is -2.12. The van der Waals surface area contributed by atoms with E-state index in [1.807, 2.05) is 0 Å². The molecule has 0 heterocycles.